The number of aromatic nitrogens is 4. The summed E-state index contributed by atoms with van der Waals surface area (Å²) in [5, 5.41) is 9.37. The number of imidazole rings is 1. The molecule has 1 aliphatic rings. The lowest BCUT2D eigenvalue weighted by Crippen LogP contribution is -2.17. The summed E-state index contributed by atoms with van der Waals surface area (Å²) < 4.78 is 1.95. The highest BCUT2D eigenvalue weighted by Gasteiger charge is 2.25. The van der Waals surface area contributed by atoms with Gasteiger partial charge in [-0.25, -0.2) is 20.8 Å². The number of nitrogens with zero attached hydrogens (tertiary/aromatic N) is 4. The van der Waals surface area contributed by atoms with Crippen molar-refractivity contribution in [2.75, 3.05) is 12.0 Å². The number of aliphatic hydroxyl groups excluding tert-OH is 1. The number of hydrogen-bond donors (Lipinski definition) is 3. The van der Waals surface area contributed by atoms with Crippen LogP contribution >= 0.6 is 0 Å². The van der Waals surface area contributed by atoms with Crippen molar-refractivity contribution in [1.29, 1.82) is 0 Å². The molecule has 2 unspecified atom stereocenters. The maximum atomic E-state index is 9.37. The standard InChI is InChI=1S/C11H14N6O/c12-16-10-9-11(14-5-13-10)17(6-15-9)8-3-1-2-7(8)4-18/h1,3,5-8,18H,2,4,12H2,(H,13,14,16). The fourth-order valence-electron chi connectivity index (χ4n) is 2.37. The Hall–Kier alpha value is -1.99. The first-order valence-corrected chi connectivity index (χ1v) is 5.77. The number of allylic oxidation sites excluding steroid dienone is 2. The fraction of sp³-hybridized carbons (Fsp3) is 0.364. The molecular formula is C11H14N6O. The fourth-order valence-corrected chi connectivity index (χ4v) is 2.37. The molecule has 1 aliphatic carbocycles. The molecule has 0 bridgehead atoms. The van der Waals surface area contributed by atoms with Crippen molar-refractivity contribution in [1.82, 2.24) is 19.5 Å². The second-order valence-electron chi connectivity index (χ2n) is 4.29. The molecule has 0 saturated carbocycles. The van der Waals surface area contributed by atoms with Crippen LogP contribution in [-0.4, -0.2) is 31.2 Å². The number of nitrogens with one attached hydrogen (secondary N) is 1. The molecule has 2 aromatic rings. The lowest BCUT2D eigenvalue weighted by Gasteiger charge is -2.18. The molecule has 94 valence electrons. The number of anilines is 1. The summed E-state index contributed by atoms with van der Waals surface area (Å²) in [6.45, 7) is 0.143. The zero-order chi connectivity index (χ0) is 12.5. The first-order valence-electron chi connectivity index (χ1n) is 5.77. The van der Waals surface area contributed by atoms with Crippen LogP contribution in [0.4, 0.5) is 5.82 Å². The Morgan fingerprint density at radius 3 is 3.11 bits per heavy atom. The van der Waals surface area contributed by atoms with Gasteiger partial charge in [-0.1, -0.05) is 12.2 Å². The van der Waals surface area contributed by atoms with Crippen LogP contribution in [0.3, 0.4) is 0 Å². The molecule has 0 saturated heterocycles. The van der Waals surface area contributed by atoms with Crippen LogP contribution in [-0.2, 0) is 0 Å². The summed E-state index contributed by atoms with van der Waals surface area (Å²) >= 11 is 0. The van der Waals surface area contributed by atoms with E-state index in [1.807, 2.05) is 4.57 Å². The van der Waals surface area contributed by atoms with Gasteiger partial charge in [-0.2, -0.15) is 0 Å². The highest BCUT2D eigenvalue weighted by Crippen LogP contribution is 2.32. The number of hydrazine groups is 1. The minimum Gasteiger partial charge on any atom is -0.396 e. The summed E-state index contributed by atoms with van der Waals surface area (Å²) in [4.78, 5) is 12.5. The van der Waals surface area contributed by atoms with Gasteiger partial charge in [-0.15, -0.1) is 0 Å². The third-order valence-corrected chi connectivity index (χ3v) is 3.31. The SMILES string of the molecule is NNc1ncnc2c1ncn2C1C=CCC1CO. The zero-order valence-corrected chi connectivity index (χ0v) is 9.69. The Kier molecular flexibility index (Phi) is 2.69. The number of hydrogen-bond acceptors (Lipinski definition) is 6. The van der Waals surface area contributed by atoms with Gasteiger partial charge in [0.1, 0.15) is 6.33 Å². The Morgan fingerprint density at radius 2 is 2.33 bits per heavy atom. The van der Waals surface area contributed by atoms with Crippen LogP contribution in [0.2, 0.25) is 0 Å². The maximum absolute atomic E-state index is 9.37. The number of fused-ring (bicyclic) bond motifs is 1. The van der Waals surface area contributed by atoms with E-state index in [4.69, 9.17) is 5.84 Å². The van der Waals surface area contributed by atoms with Gasteiger partial charge in [-0.05, 0) is 6.42 Å². The van der Waals surface area contributed by atoms with E-state index in [0.29, 0.717) is 17.0 Å². The molecule has 7 nitrogen and oxygen atoms in total. The van der Waals surface area contributed by atoms with Crippen LogP contribution in [0.15, 0.2) is 24.8 Å². The van der Waals surface area contributed by atoms with Gasteiger partial charge in [0.2, 0.25) is 0 Å². The average Bonchev–Trinajstić information content (AvgIpc) is 3.03. The predicted octanol–water partition coefficient (Wildman–Crippen LogP) is 0.221. The molecule has 2 heterocycles. The monoisotopic (exact) mass is 246 g/mol. The van der Waals surface area contributed by atoms with Crippen molar-refractivity contribution in [2.45, 2.75) is 12.5 Å². The van der Waals surface area contributed by atoms with Crippen LogP contribution < -0.4 is 11.3 Å². The van der Waals surface area contributed by atoms with Gasteiger partial charge in [-0.3, -0.25) is 0 Å². The van der Waals surface area contributed by atoms with Crippen molar-refractivity contribution in [3.8, 4) is 0 Å². The molecule has 0 aromatic carbocycles. The maximum Gasteiger partial charge on any atom is 0.171 e. The third-order valence-electron chi connectivity index (χ3n) is 3.31. The van der Waals surface area contributed by atoms with E-state index in [1.165, 1.54) is 6.33 Å². The van der Waals surface area contributed by atoms with Crippen LogP contribution in [0, 0.1) is 5.92 Å². The van der Waals surface area contributed by atoms with Gasteiger partial charge in [0.05, 0.1) is 12.4 Å². The normalized spacial score (nSPS) is 22.8. The average molecular weight is 246 g/mol. The minimum atomic E-state index is 0.0838. The number of nitrogens with two attached hydrogens (primary N) is 1. The molecule has 0 fully saturated rings. The quantitative estimate of drug-likeness (QED) is 0.407. The number of rotatable bonds is 3. The Balaban J connectivity index is 2.10. The molecule has 3 rings (SSSR count). The molecule has 2 atom stereocenters. The summed E-state index contributed by atoms with van der Waals surface area (Å²) in [5.41, 5.74) is 3.86. The Labute approximate surface area is 103 Å². The summed E-state index contributed by atoms with van der Waals surface area (Å²) in [6.07, 6.45) is 8.17. The molecule has 0 aliphatic heterocycles. The van der Waals surface area contributed by atoms with E-state index in [-0.39, 0.29) is 18.6 Å². The lowest BCUT2D eigenvalue weighted by molar-refractivity contribution is 0.205. The Bertz CT molecular complexity index is 592. The topological polar surface area (TPSA) is 102 Å². The lowest BCUT2D eigenvalue weighted by atomic mass is 10.0. The molecule has 18 heavy (non-hydrogen) atoms. The second-order valence-corrected chi connectivity index (χ2v) is 4.29. The number of nitrogen functional groups attached to an aromatic ring is 1. The summed E-state index contributed by atoms with van der Waals surface area (Å²) in [7, 11) is 0. The molecule has 4 N–H and O–H groups in total. The second kappa shape index (κ2) is 4.35. The first kappa shape index (κ1) is 11.1. The molecule has 0 amide bonds. The molecule has 7 heteroatoms. The van der Waals surface area contributed by atoms with Gasteiger partial charge in [0.25, 0.3) is 0 Å². The van der Waals surface area contributed by atoms with Crippen molar-refractivity contribution in [3.63, 3.8) is 0 Å². The van der Waals surface area contributed by atoms with E-state index in [0.717, 1.165) is 6.42 Å². The van der Waals surface area contributed by atoms with E-state index < -0.39 is 0 Å². The van der Waals surface area contributed by atoms with Gasteiger partial charge < -0.3 is 15.1 Å². The third kappa shape index (κ3) is 1.56. The minimum absolute atomic E-state index is 0.0838. The van der Waals surface area contributed by atoms with Crippen LogP contribution in [0.25, 0.3) is 11.2 Å². The molecule has 0 spiro atoms. The number of aliphatic hydroxyl groups is 1. The van der Waals surface area contributed by atoms with E-state index in [2.05, 4.69) is 32.5 Å². The van der Waals surface area contributed by atoms with Gasteiger partial charge in [0, 0.05) is 12.5 Å². The smallest absolute Gasteiger partial charge is 0.171 e. The van der Waals surface area contributed by atoms with Crippen molar-refractivity contribution >= 4 is 17.0 Å². The first-order chi connectivity index (χ1) is 8.85. The summed E-state index contributed by atoms with van der Waals surface area (Å²) in [5.74, 6) is 6.06. The van der Waals surface area contributed by atoms with E-state index in [1.54, 1.807) is 6.33 Å². The molecule has 2 aromatic heterocycles. The van der Waals surface area contributed by atoms with Gasteiger partial charge >= 0.3 is 0 Å². The van der Waals surface area contributed by atoms with Crippen LogP contribution in [0.1, 0.15) is 12.5 Å². The largest absolute Gasteiger partial charge is 0.396 e. The van der Waals surface area contributed by atoms with Crippen molar-refractivity contribution in [2.24, 2.45) is 11.8 Å². The predicted molar refractivity (Wildman–Crippen MR) is 66.5 cm³/mol. The molecule has 0 radical (unpaired) electrons. The highest BCUT2D eigenvalue weighted by atomic mass is 16.3. The summed E-state index contributed by atoms with van der Waals surface area (Å²) in [6, 6.07) is 0.0838. The van der Waals surface area contributed by atoms with Crippen LogP contribution in [0.5, 0.6) is 0 Å². The molecular weight excluding hydrogens is 232 g/mol. The van der Waals surface area contributed by atoms with Gasteiger partial charge in [0.15, 0.2) is 17.0 Å². The van der Waals surface area contributed by atoms with E-state index >= 15 is 0 Å². The highest BCUT2D eigenvalue weighted by molar-refractivity contribution is 5.82. The van der Waals surface area contributed by atoms with Crippen molar-refractivity contribution in [3.05, 3.63) is 24.8 Å². The van der Waals surface area contributed by atoms with Crippen molar-refractivity contribution < 1.29 is 5.11 Å². The Morgan fingerprint density at radius 1 is 1.44 bits per heavy atom. The zero-order valence-electron chi connectivity index (χ0n) is 9.69. The van der Waals surface area contributed by atoms with E-state index in [9.17, 15) is 5.11 Å².